The maximum Gasteiger partial charge on any atom is 0.336 e. The molecule has 2 N–H and O–H groups in total. The van der Waals surface area contributed by atoms with Crippen molar-refractivity contribution in [3.05, 3.63) is 64.0 Å². The van der Waals surface area contributed by atoms with E-state index < -0.39 is 5.63 Å². The fraction of sp³-hybridized carbons (Fsp3) is 0.158. The summed E-state index contributed by atoms with van der Waals surface area (Å²) in [5.74, 6) is 0.732. The molecule has 2 heterocycles. The van der Waals surface area contributed by atoms with Crippen molar-refractivity contribution in [1.82, 2.24) is 9.97 Å². The number of aryl methyl sites for hydroxylation is 1. The lowest BCUT2D eigenvalue weighted by Gasteiger charge is -2.08. The Balaban J connectivity index is 1.71. The average molecular weight is 352 g/mol. The Kier molecular flexibility index (Phi) is 3.97. The van der Waals surface area contributed by atoms with E-state index in [9.17, 15) is 9.90 Å². The second-order valence-electron chi connectivity index (χ2n) is 5.77. The van der Waals surface area contributed by atoms with Crippen molar-refractivity contribution in [2.75, 3.05) is 0 Å². The number of aromatic hydroxyl groups is 1. The summed E-state index contributed by atoms with van der Waals surface area (Å²) in [5, 5.41) is 11.6. The number of hydrogen-bond acceptors (Lipinski definition) is 5. The lowest BCUT2D eigenvalue weighted by molar-refractivity contribution is 0.466. The molecule has 0 spiro atoms. The Morgan fingerprint density at radius 2 is 2.04 bits per heavy atom. The molecule has 2 aromatic carbocycles. The topological polar surface area (TPSA) is 79.1 Å². The standard InChI is InChI=1S/C19H16N2O3S/c1-2-11-7-13-12(8-18(23)24-17(13)9-16(11)22)10-25-19-20-14-5-3-4-6-15(14)21-19/h3-9,22H,2,10H2,1H3,(H,20,21). The molecule has 126 valence electrons. The minimum atomic E-state index is -0.420. The maximum absolute atomic E-state index is 11.8. The van der Waals surface area contributed by atoms with Crippen LogP contribution in [0.5, 0.6) is 5.75 Å². The van der Waals surface area contributed by atoms with Crippen LogP contribution in [0.4, 0.5) is 0 Å². The summed E-state index contributed by atoms with van der Waals surface area (Å²) in [6, 6.07) is 12.8. The van der Waals surface area contributed by atoms with Crippen LogP contribution in [0.15, 0.2) is 56.8 Å². The summed E-state index contributed by atoms with van der Waals surface area (Å²) in [4.78, 5) is 19.7. The zero-order valence-corrected chi connectivity index (χ0v) is 14.4. The second kappa shape index (κ2) is 6.29. The Morgan fingerprint density at radius 3 is 2.84 bits per heavy atom. The Bertz CT molecular complexity index is 1100. The quantitative estimate of drug-likeness (QED) is 0.424. The molecule has 4 rings (SSSR count). The molecule has 0 saturated carbocycles. The molecule has 0 unspecified atom stereocenters. The van der Waals surface area contributed by atoms with E-state index in [0.717, 1.165) is 32.7 Å². The SMILES string of the molecule is CCc1cc2c(CSc3nc4ccccc4[nH]3)cc(=O)oc2cc1O. The minimum Gasteiger partial charge on any atom is -0.508 e. The number of aromatic amines is 1. The molecule has 4 aromatic rings. The lowest BCUT2D eigenvalue weighted by atomic mass is 10.1. The van der Waals surface area contributed by atoms with E-state index in [1.807, 2.05) is 37.3 Å². The summed E-state index contributed by atoms with van der Waals surface area (Å²) in [5.41, 5.74) is 3.59. The van der Waals surface area contributed by atoms with E-state index in [4.69, 9.17) is 4.42 Å². The van der Waals surface area contributed by atoms with Crippen LogP contribution in [0.3, 0.4) is 0 Å². The van der Waals surface area contributed by atoms with Crippen LogP contribution in [0, 0.1) is 0 Å². The molecule has 0 atom stereocenters. The highest BCUT2D eigenvalue weighted by atomic mass is 32.2. The first-order valence-electron chi connectivity index (χ1n) is 8.00. The number of H-pyrrole nitrogens is 1. The molecule has 0 bridgehead atoms. The third-order valence-corrected chi connectivity index (χ3v) is 5.06. The van der Waals surface area contributed by atoms with Gasteiger partial charge in [-0.05, 0) is 35.7 Å². The molecule has 5 nitrogen and oxygen atoms in total. The van der Waals surface area contributed by atoms with Gasteiger partial charge < -0.3 is 14.5 Å². The smallest absolute Gasteiger partial charge is 0.336 e. The lowest BCUT2D eigenvalue weighted by Crippen LogP contribution is -2.00. The van der Waals surface area contributed by atoms with E-state index in [1.54, 1.807) is 0 Å². The van der Waals surface area contributed by atoms with Gasteiger partial charge in [0.15, 0.2) is 5.16 Å². The molecule has 0 fully saturated rings. The second-order valence-corrected chi connectivity index (χ2v) is 6.73. The van der Waals surface area contributed by atoms with Gasteiger partial charge in [0.2, 0.25) is 0 Å². The van der Waals surface area contributed by atoms with Crippen LogP contribution < -0.4 is 5.63 Å². The Morgan fingerprint density at radius 1 is 1.20 bits per heavy atom. The number of phenolic OH excluding ortho intramolecular Hbond substituents is 1. The number of hydrogen-bond donors (Lipinski definition) is 2. The number of phenols is 1. The van der Waals surface area contributed by atoms with Gasteiger partial charge in [-0.15, -0.1) is 0 Å². The van der Waals surface area contributed by atoms with Crippen molar-refractivity contribution in [1.29, 1.82) is 0 Å². The number of nitrogens with zero attached hydrogens (tertiary/aromatic N) is 1. The van der Waals surface area contributed by atoms with Crippen molar-refractivity contribution >= 4 is 33.8 Å². The summed E-state index contributed by atoms with van der Waals surface area (Å²) in [7, 11) is 0. The fourth-order valence-corrected chi connectivity index (χ4v) is 3.73. The van der Waals surface area contributed by atoms with E-state index >= 15 is 0 Å². The highest BCUT2D eigenvalue weighted by molar-refractivity contribution is 7.98. The van der Waals surface area contributed by atoms with Crippen molar-refractivity contribution in [2.45, 2.75) is 24.3 Å². The predicted molar refractivity (Wildman–Crippen MR) is 99.2 cm³/mol. The van der Waals surface area contributed by atoms with Gasteiger partial charge in [-0.1, -0.05) is 30.8 Å². The normalized spacial score (nSPS) is 11.4. The predicted octanol–water partition coefficient (Wildman–Crippen LogP) is 4.23. The minimum absolute atomic E-state index is 0.153. The van der Waals surface area contributed by atoms with Crippen LogP contribution in [0.2, 0.25) is 0 Å². The van der Waals surface area contributed by atoms with Crippen LogP contribution in [0.1, 0.15) is 18.1 Å². The Labute approximate surface area is 147 Å². The third-order valence-electron chi connectivity index (χ3n) is 4.14. The molecule has 0 aliphatic heterocycles. The Hall–Kier alpha value is -2.73. The van der Waals surface area contributed by atoms with Crippen LogP contribution in [0.25, 0.3) is 22.0 Å². The van der Waals surface area contributed by atoms with Crippen molar-refractivity contribution in [3.8, 4) is 5.75 Å². The fourth-order valence-electron chi connectivity index (χ4n) is 2.85. The molecule has 6 heteroatoms. The van der Waals surface area contributed by atoms with Crippen LogP contribution in [-0.2, 0) is 12.2 Å². The number of nitrogens with one attached hydrogen (secondary N) is 1. The molecular formula is C19H16N2O3S. The summed E-state index contributed by atoms with van der Waals surface area (Å²) in [6.45, 7) is 1.98. The van der Waals surface area contributed by atoms with E-state index in [2.05, 4.69) is 9.97 Å². The van der Waals surface area contributed by atoms with Gasteiger partial charge in [0.25, 0.3) is 0 Å². The van der Waals surface area contributed by atoms with Crippen molar-refractivity contribution < 1.29 is 9.52 Å². The van der Waals surface area contributed by atoms with Gasteiger partial charge in [-0.2, -0.15) is 0 Å². The number of rotatable bonds is 4. The monoisotopic (exact) mass is 352 g/mol. The molecule has 2 aromatic heterocycles. The van der Waals surface area contributed by atoms with Gasteiger partial charge in [0, 0.05) is 23.3 Å². The van der Waals surface area contributed by atoms with Crippen LogP contribution >= 0.6 is 11.8 Å². The van der Waals surface area contributed by atoms with E-state index in [1.165, 1.54) is 23.9 Å². The highest BCUT2D eigenvalue weighted by Crippen LogP contribution is 2.30. The van der Waals surface area contributed by atoms with E-state index in [0.29, 0.717) is 17.8 Å². The summed E-state index contributed by atoms with van der Waals surface area (Å²) in [6.07, 6.45) is 0.705. The van der Waals surface area contributed by atoms with Crippen molar-refractivity contribution in [2.24, 2.45) is 0 Å². The average Bonchev–Trinajstić information content (AvgIpc) is 3.02. The number of para-hydroxylation sites is 2. The first-order valence-corrected chi connectivity index (χ1v) is 8.99. The molecule has 0 aliphatic carbocycles. The van der Waals surface area contributed by atoms with Gasteiger partial charge in [0.05, 0.1) is 11.0 Å². The molecule has 0 amide bonds. The number of thioether (sulfide) groups is 1. The van der Waals surface area contributed by atoms with Crippen molar-refractivity contribution in [3.63, 3.8) is 0 Å². The highest BCUT2D eigenvalue weighted by Gasteiger charge is 2.11. The van der Waals surface area contributed by atoms with E-state index in [-0.39, 0.29) is 5.75 Å². The molecule has 0 aliphatic rings. The first kappa shape index (κ1) is 15.8. The first-order chi connectivity index (χ1) is 12.1. The molecule has 25 heavy (non-hydrogen) atoms. The largest absolute Gasteiger partial charge is 0.508 e. The molecular weight excluding hydrogens is 336 g/mol. The third kappa shape index (κ3) is 3.00. The maximum atomic E-state index is 11.8. The van der Waals surface area contributed by atoms with Gasteiger partial charge in [-0.3, -0.25) is 0 Å². The number of benzene rings is 2. The molecule has 0 saturated heterocycles. The summed E-state index contributed by atoms with van der Waals surface area (Å²) < 4.78 is 5.23. The van der Waals surface area contributed by atoms with Gasteiger partial charge in [-0.25, -0.2) is 9.78 Å². The zero-order chi connectivity index (χ0) is 17.4. The van der Waals surface area contributed by atoms with Crippen LogP contribution in [-0.4, -0.2) is 15.1 Å². The molecule has 0 radical (unpaired) electrons. The number of aromatic nitrogens is 2. The van der Waals surface area contributed by atoms with Gasteiger partial charge >= 0.3 is 5.63 Å². The number of fused-ring (bicyclic) bond motifs is 2. The summed E-state index contributed by atoms with van der Waals surface area (Å²) >= 11 is 1.53. The van der Waals surface area contributed by atoms with Gasteiger partial charge in [0.1, 0.15) is 11.3 Å². The zero-order valence-electron chi connectivity index (χ0n) is 13.6. The number of imidazole rings is 1.